The van der Waals surface area contributed by atoms with E-state index in [1.807, 2.05) is 30.3 Å². The van der Waals surface area contributed by atoms with Gasteiger partial charge in [0.15, 0.2) is 0 Å². The van der Waals surface area contributed by atoms with Gasteiger partial charge >= 0.3 is 10.3 Å². The fraction of sp³-hybridized carbons (Fsp3) is 0.429. The maximum Gasteiger partial charge on any atom is 0.340 e. The lowest BCUT2D eigenvalue weighted by Crippen LogP contribution is -2.20. The molecule has 108 valence electrons. The summed E-state index contributed by atoms with van der Waals surface area (Å²) in [6.07, 6.45) is 2.05. The summed E-state index contributed by atoms with van der Waals surface area (Å²) in [5.74, 6) is 0. The molecule has 0 N–H and O–H groups in total. The molecule has 4 nitrogen and oxygen atoms in total. The van der Waals surface area contributed by atoms with E-state index in [9.17, 15) is 8.42 Å². The molecule has 3 rings (SSSR count). The minimum Gasteiger partial charge on any atom is -0.255 e. The number of fused-ring (bicyclic) bond motifs is 1. The van der Waals surface area contributed by atoms with E-state index >= 15 is 0 Å². The molecule has 0 aromatic heterocycles. The van der Waals surface area contributed by atoms with Crippen molar-refractivity contribution < 1.29 is 12.6 Å². The van der Waals surface area contributed by atoms with Crippen molar-refractivity contribution in [3.63, 3.8) is 0 Å². The third-order valence-electron chi connectivity index (χ3n) is 3.79. The van der Waals surface area contributed by atoms with Crippen molar-refractivity contribution in [3.8, 4) is 0 Å². The average Bonchev–Trinajstić information content (AvgIpc) is 2.96. The molecule has 2 fully saturated rings. The van der Waals surface area contributed by atoms with Gasteiger partial charge < -0.3 is 0 Å². The van der Waals surface area contributed by atoms with Crippen LogP contribution in [0.15, 0.2) is 42.1 Å². The van der Waals surface area contributed by atoms with Gasteiger partial charge in [0.2, 0.25) is 0 Å². The second kappa shape index (κ2) is 4.27. The van der Waals surface area contributed by atoms with E-state index in [-0.39, 0.29) is 12.6 Å². The van der Waals surface area contributed by atoms with Gasteiger partial charge in [-0.1, -0.05) is 61.7 Å². The van der Waals surface area contributed by atoms with Gasteiger partial charge in [0.25, 0.3) is 0 Å². The summed E-state index contributed by atoms with van der Waals surface area (Å²) in [4.78, 5) is 0. The summed E-state index contributed by atoms with van der Waals surface area (Å²) in [6, 6.07) is 9.65. The predicted octanol–water partition coefficient (Wildman–Crippen LogP) is 2.27. The fourth-order valence-corrected chi connectivity index (χ4v) is 5.11. The molecule has 6 heteroatoms. The van der Waals surface area contributed by atoms with Crippen molar-refractivity contribution in [3.05, 3.63) is 47.7 Å². The number of hydrogen-bond acceptors (Lipinski definition) is 3. The summed E-state index contributed by atoms with van der Waals surface area (Å²) in [7, 11) is -4.93. The van der Waals surface area contributed by atoms with Crippen LogP contribution >= 0.6 is 0 Å². The Kier molecular flexibility index (Phi) is 2.99. The Morgan fingerprint density at radius 1 is 1.30 bits per heavy atom. The molecule has 0 bridgehead atoms. The van der Waals surface area contributed by atoms with Crippen LogP contribution in [-0.4, -0.2) is 33.4 Å². The van der Waals surface area contributed by atoms with Crippen molar-refractivity contribution in [2.45, 2.75) is 31.2 Å². The van der Waals surface area contributed by atoms with Crippen molar-refractivity contribution in [2.75, 3.05) is 6.61 Å². The smallest absolute Gasteiger partial charge is 0.255 e. The average molecular weight is 309 g/mol. The Morgan fingerprint density at radius 3 is 2.55 bits per heavy atom. The third-order valence-corrected chi connectivity index (χ3v) is 6.43. The van der Waals surface area contributed by atoms with Crippen molar-refractivity contribution >= 4 is 18.4 Å². The first kappa shape index (κ1) is 14.0. The number of hydrogen-bond donors (Lipinski definition) is 0. The lowest BCUT2D eigenvalue weighted by molar-refractivity contribution is 0.309. The molecule has 2 aliphatic rings. The number of nitrogens with zero attached hydrogens (tertiary/aromatic N) is 1. The highest BCUT2D eigenvalue weighted by molar-refractivity contribution is 7.84. The molecule has 20 heavy (non-hydrogen) atoms. The van der Waals surface area contributed by atoms with Gasteiger partial charge in [-0.25, -0.2) is 0 Å². The zero-order chi connectivity index (χ0) is 14.6. The first-order valence-electron chi connectivity index (χ1n) is 6.71. The van der Waals surface area contributed by atoms with Crippen LogP contribution in [0.2, 0.25) is 19.6 Å². The van der Waals surface area contributed by atoms with Crippen LogP contribution in [0.25, 0.3) is 0 Å². The molecule has 2 heterocycles. The van der Waals surface area contributed by atoms with E-state index in [4.69, 9.17) is 4.18 Å². The van der Waals surface area contributed by atoms with Crippen LogP contribution in [0.5, 0.6) is 0 Å². The Balaban J connectivity index is 1.99. The van der Waals surface area contributed by atoms with E-state index in [1.165, 1.54) is 4.31 Å². The normalized spacial score (nSPS) is 35.1. The SMILES string of the molecule is C[Si](C)(C)/C=C/[C@H]1N2[C@]1(c1ccccc1)COS2(=O)=O. The quantitative estimate of drug-likeness (QED) is 0.635. The van der Waals surface area contributed by atoms with Crippen molar-refractivity contribution in [1.82, 2.24) is 4.31 Å². The molecule has 3 atom stereocenters. The van der Waals surface area contributed by atoms with E-state index in [0.29, 0.717) is 0 Å². The van der Waals surface area contributed by atoms with Crippen LogP contribution in [0.4, 0.5) is 0 Å². The highest BCUT2D eigenvalue weighted by Crippen LogP contribution is 2.57. The third kappa shape index (κ3) is 2.07. The van der Waals surface area contributed by atoms with E-state index in [2.05, 4.69) is 31.4 Å². The molecule has 2 saturated heterocycles. The largest absolute Gasteiger partial charge is 0.340 e. The molecule has 0 saturated carbocycles. The van der Waals surface area contributed by atoms with Crippen LogP contribution < -0.4 is 0 Å². The molecule has 1 unspecified atom stereocenters. The Bertz CT molecular complexity index is 651. The monoisotopic (exact) mass is 309 g/mol. The Labute approximate surface area is 121 Å². The summed E-state index contributed by atoms with van der Waals surface area (Å²) in [5.41, 5.74) is 2.69. The van der Waals surface area contributed by atoms with Crippen LogP contribution in [0.3, 0.4) is 0 Å². The van der Waals surface area contributed by atoms with E-state index in [1.54, 1.807) is 0 Å². The van der Waals surface area contributed by atoms with E-state index < -0.39 is 23.9 Å². The maximum atomic E-state index is 12.0. The highest BCUT2D eigenvalue weighted by atomic mass is 32.2. The Hall–Kier alpha value is -0.953. The molecular formula is C14H19NO3SSi. The number of benzene rings is 1. The van der Waals surface area contributed by atoms with Gasteiger partial charge in [-0.3, -0.25) is 4.18 Å². The molecular weight excluding hydrogens is 290 g/mol. The first-order chi connectivity index (χ1) is 9.27. The number of rotatable bonds is 3. The predicted molar refractivity (Wildman–Crippen MR) is 81.1 cm³/mol. The molecule has 0 amide bonds. The summed E-state index contributed by atoms with van der Waals surface area (Å²) >= 11 is 0. The summed E-state index contributed by atoms with van der Waals surface area (Å²) < 4.78 is 30.5. The van der Waals surface area contributed by atoms with Crippen molar-refractivity contribution in [2.24, 2.45) is 0 Å². The lowest BCUT2D eigenvalue weighted by Gasteiger charge is -2.11. The topological polar surface area (TPSA) is 46.4 Å². The highest BCUT2D eigenvalue weighted by Gasteiger charge is 2.73. The van der Waals surface area contributed by atoms with E-state index in [0.717, 1.165) is 5.56 Å². The van der Waals surface area contributed by atoms with Gasteiger partial charge in [0.05, 0.1) is 20.7 Å². The van der Waals surface area contributed by atoms with Gasteiger partial charge in [0, 0.05) is 0 Å². The summed E-state index contributed by atoms with van der Waals surface area (Å²) in [6.45, 7) is 6.91. The van der Waals surface area contributed by atoms with Crippen LogP contribution in [-0.2, 0) is 20.0 Å². The standard InChI is InChI=1S/C14H19NO3SSi/c1-20(2,3)10-9-13-14(12-7-5-4-6-8-12)11-18-19(16,17)15(13)14/h4-10,13H,11H2,1-3H3/b10-9+/t13-,14+,15?/m1/s1. The molecule has 2 aliphatic heterocycles. The molecule has 0 aliphatic carbocycles. The van der Waals surface area contributed by atoms with Gasteiger partial charge in [0.1, 0.15) is 5.54 Å². The molecule has 1 aromatic carbocycles. The van der Waals surface area contributed by atoms with Gasteiger partial charge in [-0.15, -0.1) is 0 Å². The molecule has 0 radical (unpaired) electrons. The lowest BCUT2D eigenvalue weighted by atomic mass is 9.96. The van der Waals surface area contributed by atoms with Gasteiger partial charge in [-0.05, 0) is 5.56 Å². The summed E-state index contributed by atoms with van der Waals surface area (Å²) in [5, 5.41) is 0. The van der Waals surface area contributed by atoms with Gasteiger partial charge in [-0.2, -0.15) is 12.7 Å². The first-order valence-corrected chi connectivity index (χ1v) is 11.7. The minimum absolute atomic E-state index is 0.102. The van der Waals surface area contributed by atoms with Crippen LogP contribution in [0.1, 0.15) is 5.56 Å². The second-order valence-electron chi connectivity index (χ2n) is 6.48. The maximum absolute atomic E-state index is 12.0. The van der Waals surface area contributed by atoms with Crippen LogP contribution in [0, 0.1) is 0 Å². The molecule has 0 spiro atoms. The fourth-order valence-electron chi connectivity index (χ4n) is 2.76. The van der Waals surface area contributed by atoms with Crippen molar-refractivity contribution in [1.29, 1.82) is 0 Å². The second-order valence-corrected chi connectivity index (χ2v) is 13.0. The zero-order valence-corrected chi connectivity index (χ0v) is 13.7. The Morgan fingerprint density at radius 2 is 1.95 bits per heavy atom. The molecule has 1 aromatic rings. The zero-order valence-electron chi connectivity index (χ0n) is 11.9. The minimum atomic E-state index is -3.58.